The normalized spacial score (nSPS) is 15.3. The van der Waals surface area contributed by atoms with Crippen LogP contribution in [0.3, 0.4) is 0 Å². The van der Waals surface area contributed by atoms with Crippen LogP contribution >= 0.6 is 23.2 Å². The molecule has 0 radical (unpaired) electrons. The molecule has 0 spiro atoms. The van der Waals surface area contributed by atoms with E-state index in [0.29, 0.717) is 13.0 Å². The van der Waals surface area contributed by atoms with E-state index < -0.39 is 38.9 Å². The minimum atomic E-state index is -4.54. The zero-order valence-electron chi connectivity index (χ0n) is 8.85. The van der Waals surface area contributed by atoms with Crippen LogP contribution in [0.5, 0.6) is 0 Å². The third kappa shape index (κ3) is 2.28. The number of halogens is 5. The molecular formula is C10H7Cl2F3O3. The average Bonchev–Trinajstić information content (AvgIpc) is 2.22. The van der Waals surface area contributed by atoms with Crippen LogP contribution in [-0.2, 0) is 10.4 Å². The first-order chi connectivity index (χ1) is 8.01. The SMILES string of the molecule is CC(O)(c1cc(F)c(Cl)cc1Cl)C(F)(F)C(=O)O. The summed E-state index contributed by atoms with van der Waals surface area (Å²) in [6.07, 6.45) is 0. The van der Waals surface area contributed by atoms with Crippen molar-refractivity contribution in [3.05, 3.63) is 33.6 Å². The zero-order chi connectivity index (χ0) is 14.3. The van der Waals surface area contributed by atoms with Gasteiger partial charge in [-0.1, -0.05) is 23.2 Å². The Morgan fingerprint density at radius 2 is 1.78 bits per heavy atom. The molecule has 1 rings (SSSR count). The zero-order valence-corrected chi connectivity index (χ0v) is 10.4. The lowest BCUT2D eigenvalue weighted by molar-refractivity contribution is -0.207. The summed E-state index contributed by atoms with van der Waals surface area (Å²) in [5.41, 5.74) is -3.94. The van der Waals surface area contributed by atoms with Gasteiger partial charge in [0.2, 0.25) is 0 Å². The first-order valence-corrected chi connectivity index (χ1v) is 5.26. The van der Waals surface area contributed by atoms with E-state index >= 15 is 0 Å². The Morgan fingerprint density at radius 3 is 2.22 bits per heavy atom. The molecule has 0 fully saturated rings. The summed E-state index contributed by atoms with van der Waals surface area (Å²) in [5.74, 6) is -8.20. The molecule has 0 saturated carbocycles. The van der Waals surface area contributed by atoms with Crippen LogP contribution in [0.2, 0.25) is 10.0 Å². The van der Waals surface area contributed by atoms with Crippen molar-refractivity contribution in [3.8, 4) is 0 Å². The molecule has 0 aromatic heterocycles. The van der Waals surface area contributed by atoms with Crippen molar-refractivity contribution in [2.24, 2.45) is 0 Å². The van der Waals surface area contributed by atoms with Gasteiger partial charge in [0.25, 0.3) is 0 Å². The summed E-state index contributed by atoms with van der Waals surface area (Å²) in [5, 5.41) is 17.1. The molecule has 0 heterocycles. The highest BCUT2D eigenvalue weighted by atomic mass is 35.5. The number of carbonyl (C=O) groups is 1. The number of rotatable bonds is 3. The smallest absolute Gasteiger partial charge is 0.378 e. The Kier molecular flexibility index (Phi) is 3.86. The number of hydrogen-bond acceptors (Lipinski definition) is 2. The lowest BCUT2D eigenvalue weighted by atomic mass is 9.89. The van der Waals surface area contributed by atoms with Gasteiger partial charge in [-0.25, -0.2) is 9.18 Å². The van der Waals surface area contributed by atoms with Crippen LogP contribution in [0, 0.1) is 5.82 Å². The van der Waals surface area contributed by atoms with E-state index in [2.05, 4.69) is 0 Å². The summed E-state index contributed by atoms with van der Waals surface area (Å²) in [6, 6.07) is 1.28. The Bertz CT molecular complexity index is 503. The first-order valence-electron chi connectivity index (χ1n) is 4.50. The molecule has 1 atom stereocenters. The lowest BCUT2D eigenvalue weighted by Crippen LogP contribution is -2.49. The molecule has 0 aliphatic heterocycles. The molecule has 3 nitrogen and oxygen atoms in total. The molecule has 0 saturated heterocycles. The van der Waals surface area contributed by atoms with Crippen molar-refractivity contribution in [2.45, 2.75) is 18.4 Å². The summed E-state index contributed by atoms with van der Waals surface area (Å²) in [6.45, 7) is 0.523. The summed E-state index contributed by atoms with van der Waals surface area (Å²) in [7, 11) is 0. The predicted molar refractivity (Wildman–Crippen MR) is 58.6 cm³/mol. The number of alkyl halides is 2. The Morgan fingerprint density at radius 1 is 1.28 bits per heavy atom. The van der Waals surface area contributed by atoms with Gasteiger partial charge in [0.05, 0.1) is 5.02 Å². The molecule has 18 heavy (non-hydrogen) atoms. The summed E-state index contributed by atoms with van der Waals surface area (Å²) in [4.78, 5) is 10.4. The average molecular weight is 303 g/mol. The van der Waals surface area contributed by atoms with Crippen LogP contribution in [0.4, 0.5) is 13.2 Å². The van der Waals surface area contributed by atoms with Crippen LogP contribution < -0.4 is 0 Å². The fraction of sp³-hybridized carbons (Fsp3) is 0.300. The second kappa shape index (κ2) is 4.60. The highest BCUT2D eigenvalue weighted by molar-refractivity contribution is 6.35. The number of hydrogen-bond donors (Lipinski definition) is 2. The van der Waals surface area contributed by atoms with Gasteiger partial charge in [0.1, 0.15) is 5.82 Å². The molecule has 100 valence electrons. The lowest BCUT2D eigenvalue weighted by Gasteiger charge is -2.30. The second-order valence-corrected chi connectivity index (χ2v) is 4.51. The Labute approximate surface area is 110 Å². The van der Waals surface area contributed by atoms with Crippen molar-refractivity contribution in [2.75, 3.05) is 0 Å². The molecular weight excluding hydrogens is 296 g/mol. The van der Waals surface area contributed by atoms with E-state index in [1.54, 1.807) is 0 Å². The highest BCUT2D eigenvalue weighted by Crippen LogP contribution is 2.41. The fourth-order valence-electron chi connectivity index (χ4n) is 1.27. The third-order valence-corrected chi connectivity index (χ3v) is 3.02. The van der Waals surface area contributed by atoms with E-state index in [-0.39, 0.29) is 0 Å². The first kappa shape index (κ1) is 15.1. The molecule has 0 bridgehead atoms. The van der Waals surface area contributed by atoms with Crippen molar-refractivity contribution in [3.63, 3.8) is 0 Å². The molecule has 0 amide bonds. The van der Waals surface area contributed by atoms with E-state index in [1.807, 2.05) is 0 Å². The fourth-order valence-corrected chi connectivity index (χ4v) is 1.84. The number of benzene rings is 1. The van der Waals surface area contributed by atoms with Crippen molar-refractivity contribution >= 4 is 29.2 Å². The molecule has 0 aliphatic carbocycles. The number of carboxylic acids is 1. The van der Waals surface area contributed by atoms with Crippen molar-refractivity contribution in [1.29, 1.82) is 0 Å². The van der Waals surface area contributed by atoms with Crippen LogP contribution in [0.15, 0.2) is 12.1 Å². The van der Waals surface area contributed by atoms with Gasteiger partial charge in [-0.05, 0) is 19.1 Å². The largest absolute Gasteiger partial charge is 0.477 e. The maximum Gasteiger partial charge on any atom is 0.378 e. The molecule has 8 heteroatoms. The van der Waals surface area contributed by atoms with E-state index in [0.717, 1.165) is 6.07 Å². The van der Waals surface area contributed by atoms with Crippen molar-refractivity contribution < 1.29 is 28.2 Å². The molecule has 0 aliphatic rings. The van der Waals surface area contributed by atoms with Gasteiger partial charge < -0.3 is 10.2 Å². The van der Waals surface area contributed by atoms with Gasteiger partial charge in [-0.15, -0.1) is 0 Å². The maximum absolute atomic E-state index is 13.4. The van der Waals surface area contributed by atoms with Gasteiger partial charge in [0, 0.05) is 10.6 Å². The van der Waals surface area contributed by atoms with Crippen LogP contribution in [0.25, 0.3) is 0 Å². The monoisotopic (exact) mass is 302 g/mol. The van der Waals surface area contributed by atoms with Crippen LogP contribution in [-0.4, -0.2) is 22.1 Å². The van der Waals surface area contributed by atoms with Gasteiger partial charge in [0.15, 0.2) is 5.60 Å². The van der Waals surface area contributed by atoms with Crippen molar-refractivity contribution in [1.82, 2.24) is 0 Å². The van der Waals surface area contributed by atoms with E-state index in [1.165, 1.54) is 0 Å². The standard InChI is InChI=1S/C10H7Cl2F3O3/c1-9(18,10(14,15)8(16)17)4-2-7(13)6(12)3-5(4)11/h2-3,18H,1H3,(H,16,17). The molecule has 1 unspecified atom stereocenters. The molecule has 1 aromatic rings. The summed E-state index contributed by atoms with van der Waals surface area (Å²) < 4.78 is 39.9. The van der Waals surface area contributed by atoms with Gasteiger partial charge in [-0.2, -0.15) is 8.78 Å². The number of aliphatic carboxylic acids is 1. The van der Waals surface area contributed by atoms with E-state index in [9.17, 15) is 23.1 Å². The summed E-state index contributed by atoms with van der Waals surface area (Å²) >= 11 is 10.9. The maximum atomic E-state index is 13.4. The predicted octanol–water partition coefficient (Wildman–Crippen LogP) is 3.06. The minimum Gasteiger partial charge on any atom is -0.477 e. The van der Waals surface area contributed by atoms with Gasteiger partial charge in [-0.3, -0.25) is 0 Å². The highest BCUT2D eigenvalue weighted by Gasteiger charge is 2.57. The molecule has 1 aromatic carbocycles. The van der Waals surface area contributed by atoms with E-state index in [4.69, 9.17) is 28.3 Å². The van der Waals surface area contributed by atoms with Crippen LogP contribution in [0.1, 0.15) is 12.5 Å². The Hall–Kier alpha value is -0.980. The molecule has 2 N–H and O–H groups in total. The van der Waals surface area contributed by atoms with Gasteiger partial charge >= 0.3 is 11.9 Å². The quantitative estimate of drug-likeness (QED) is 0.844. The topological polar surface area (TPSA) is 57.5 Å². The third-order valence-electron chi connectivity index (χ3n) is 2.41. The minimum absolute atomic E-state index is 0.432. The Balaban J connectivity index is 3.46. The number of carboxylic acid groups (broad SMARTS) is 1. The number of aliphatic hydroxyl groups is 1. The second-order valence-electron chi connectivity index (χ2n) is 3.70.